The van der Waals surface area contributed by atoms with E-state index in [4.69, 9.17) is 15.2 Å². The third-order valence-electron chi connectivity index (χ3n) is 3.22. The van der Waals surface area contributed by atoms with Crippen molar-refractivity contribution in [3.63, 3.8) is 0 Å². The van der Waals surface area contributed by atoms with Crippen LogP contribution in [0.1, 0.15) is 24.4 Å². The second-order valence-corrected chi connectivity index (χ2v) is 4.75. The second kappa shape index (κ2) is 6.43. The van der Waals surface area contributed by atoms with E-state index in [0.717, 1.165) is 23.6 Å². The lowest BCUT2D eigenvalue weighted by Gasteiger charge is -2.13. The Morgan fingerprint density at radius 1 is 1.35 bits per heavy atom. The molecule has 1 aromatic heterocycles. The van der Waals surface area contributed by atoms with Crippen LogP contribution in [0.4, 0.5) is 0 Å². The molecule has 1 aromatic carbocycles. The van der Waals surface area contributed by atoms with E-state index in [0.29, 0.717) is 12.4 Å². The van der Waals surface area contributed by atoms with Gasteiger partial charge in [0, 0.05) is 31.9 Å². The number of ether oxygens (including phenoxy) is 2. The van der Waals surface area contributed by atoms with Crippen LogP contribution in [0.25, 0.3) is 0 Å². The Bertz CT molecular complexity index is 564. The molecule has 5 heteroatoms. The minimum atomic E-state index is -0.0227. The van der Waals surface area contributed by atoms with Crippen molar-refractivity contribution in [2.24, 2.45) is 12.8 Å². The van der Waals surface area contributed by atoms with E-state index in [1.165, 1.54) is 0 Å². The van der Waals surface area contributed by atoms with Gasteiger partial charge >= 0.3 is 0 Å². The molecule has 0 bridgehead atoms. The van der Waals surface area contributed by atoms with E-state index in [-0.39, 0.29) is 6.04 Å². The largest absolute Gasteiger partial charge is 0.493 e. The molecule has 20 heavy (non-hydrogen) atoms. The minimum absolute atomic E-state index is 0.0227. The Labute approximate surface area is 119 Å². The molecule has 5 nitrogen and oxygen atoms in total. The van der Waals surface area contributed by atoms with Crippen molar-refractivity contribution < 1.29 is 9.47 Å². The maximum absolute atomic E-state index is 5.86. The summed E-state index contributed by atoms with van der Waals surface area (Å²) in [5, 5.41) is 0. The number of nitrogens with zero attached hydrogens (tertiary/aromatic N) is 2. The highest BCUT2D eigenvalue weighted by Crippen LogP contribution is 2.29. The number of hydrogen-bond acceptors (Lipinski definition) is 4. The molecule has 2 rings (SSSR count). The lowest BCUT2D eigenvalue weighted by molar-refractivity contribution is 0.294. The van der Waals surface area contributed by atoms with E-state index in [2.05, 4.69) is 4.98 Å². The Morgan fingerprint density at radius 2 is 2.15 bits per heavy atom. The smallest absolute Gasteiger partial charge is 0.161 e. The van der Waals surface area contributed by atoms with E-state index in [9.17, 15) is 0 Å². The summed E-state index contributed by atoms with van der Waals surface area (Å²) in [6, 6.07) is 5.76. The molecule has 1 heterocycles. The molecular weight excluding hydrogens is 254 g/mol. The third kappa shape index (κ3) is 3.30. The van der Waals surface area contributed by atoms with Gasteiger partial charge in [-0.15, -0.1) is 0 Å². The average Bonchev–Trinajstić information content (AvgIpc) is 2.84. The average molecular weight is 275 g/mol. The summed E-state index contributed by atoms with van der Waals surface area (Å²) in [4.78, 5) is 4.26. The summed E-state index contributed by atoms with van der Waals surface area (Å²) in [7, 11) is 3.60. The highest BCUT2D eigenvalue weighted by Gasteiger charge is 2.08. The number of aromatic nitrogens is 2. The van der Waals surface area contributed by atoms with Crippen molar-refractivity contribution in [1.82, 2.24) is 9.55 Å². The van der Waals surface area contributed by atoms with Crippen molar-refractivity contribution in [3.05, 3.63) is 42.0 Å². The highest BCUT2D eigenvalue weighted by atomic mass is 16.5. The summed E-state index contributed by atoms with van der Waals surface area (Å²) >= 11 is 0. The number of aryl methyl sites for hydroxylation is 1. The molecule has 0 spiro atoms. The van der Waals surface area contributed by atoms with Gasteiger partial charge in [-0.05, 0) is 24.6 Å². The first-order valence-corrected chi connectivity index (χ1v) is 6.64. The predicted octanol–water partition coefficient (Wildman–Crippen LogP) is 2.07. The first-order chi connectivity index (χ1) is 9.61. The van der Waals surface area contributed by atoms with Crippen molar-refractivity contribution in [3.8, 4) is 11.5 Å². The molecule has 0 fully saturated rings. The van der Waals surface area contributed by atoms with Crippen molar-refractivity contribution in [1.29, 1.82) is 0 Å². The number of methoxy groups -OCH3 is 1. The van der Waals surface area contributed by atoms with E-state index in [1.807, 2.05) is 42.9 Å². The van der Waals surface area contributed by atoms with Crippen molar-refractivity contribution in [2.45, 2.75) is 19.4 Å². The molecule has 2 aromatic rings. The van der Waals surface area contributed by atoms with Gasteiger partial charge in [-0.1, -0.05) is 6.07 Å². The van der Waals surface area contributed by atoms with Crippen molar-refractivity contribution in [2.75, 3.05) is 13.7 Å². The zero-order valence-electron chi connectivity index (χ0n) is 12.2. The second-order valence-electron chi connectivity index (χ2n) is 4.75. The molecule has 108 valence electrons. The molecule has 0 saturated carbocycles. The molecule has 0 radical (unpaired) electrons. The van der Waals surface area contributed by atoms with E-state index in [1.54, 1.807) is 13.3 Å². The lowest BCUT2D eigenvalue weighted by atomic mass is 10.1. The molecule has 1 atom stereocenters. The Kier molecular flexibility index (Phi) is 4.63. The summed E-state index contributed by atoms with van der Waals surface area (Å²) < 4.78 is 13.1. The zero-order chi connectivity index (χ0) is 14.5. The van der Waals surface area contributed by atoms with Crippen molar-refractivity contribution >= 4 is 0 Å². The number of benzene rings is 1. The quantitative estimate of drug-likeness (QED) is 0.876. The van der Waals surface area contributed by atoms with Gasteiger partial charge in [-0.25, -0.2) is 4.98 Å². The molecule has 0 saturated heterocycles. The Hall–Kier alpha value is -2.01. The SMILES string of the molecule is COc1cc([C@H](C)N)ccc1OCCc1nccn1C. The monoisotopic (exact) mass is 275 g/mol. The Morgan fingerprint density at radius 3 is 2.75 bits per heavy atom. The van der Waals surface area contributed by atoms with Crippen LogP contribution in [0.5, 0.6) is 11.5 Å². The molecule has 0 amide bonds. The van der Waals surface area contributed by atoms with Crippen LogP contribution in [0.3, 0.4) is 0 Å². The summed E-state index contributed by atoms with van der Waals surface area (Å²) in [6.07, 6.45) is 4.46. The maximum atomic E-state index is 5.86. The molecule has 0 unspecified atom stereocenters. The summed E-state index contributed by atoms with van der Waals surface area (Å²) in [6.45, 7) is 2.50. The fourth-order valence-electron chi connectivity index (χ4n) is 1.98. The van der Waals surface area contributed by atoms with Gasteiger partial charge in [0.2, 0.25) is 0 Å². The van der Waals surface area contributed by atoms with Crippen LogP contribution in [0.2, 0.25) is 0 Å². The van der Waals surface area contributed by atoms with Crippen LogP contribution in [0, 0.1) is 0 Å². The summed E-state index contributed by atoms with van der Waals surface area (Å²) in [5.74, 6) is 2.43. The molecule has 0 aliphatic heterocycles. The van der Waals surface area contributed by atoms with Crippen LogP contribution < -0.4 is 15.2 Å². The van der Waals surface area contributed by atoms with E-state index >= 15 is 0 Å². The standard InChI is InChI=1S/C15H21N3O2/c1-11(16)12-4-5-13(14(10-12)19-3)20-9-6-15-17-7-8-18(15)2/h4-5,7-8,10-11H,6,9,16H2,1-3H3/t11-/m0/s1. The molecular formula is C15H21N3O2. The topological polar surface area (TPSA) is 62.3 Å². The van der Waals surface area contributed by atoms with Gasteiger partial charge < -0.3 is 19.8 Å². The van der Waals surface area contributed by atoms with Gasteiger partial charge in [0.15, 0.2) is 11.5 Å². The maximum Gasteiger partial charge on any atom is 0.161 e. The molecule has 0 aliphatic carbocycles. The number of imidazole rings is 1. The predicted molar refractivity (Wildman–Crippen MR) is 78.0 cm³/mol. The zero-order valence-corrected chi connectivity index (χ0v) is 12.2. The van der Waals surface area contributed by atoms with Crippen LogP contribution in [0.15, 0.2) is 30.6 Å². The Balaban J connectivity index is 2.00. The fraction of sp³-hybridized carbons (Fsp3) is 0.400. The fourth-order valence-corrected chi connectivity index (χ4v) is 1.98. The van der Waals surface area contributed by atoms with Gasteiger partial charge in [-0.3, -0.25) is 0 Å². The number of hydrogen-bond donors (Lipinski definition) is 1. The van der Waals surface area contributed by atoms with Crippen LogP contribution >= 0.6 is 0 Å². The van der Waals surface area contributed by atoms with Crippen LogP contribution in [-0.2, 0) is 13.5 Å². The molecule has 0 aliphatic rings. The van der Waals surface area contributed by atoms with Crippen LogP contribution in [-0.4, -0.2) is 23.3 Å². The number of nitrogens with two attached hydrogens (primary N) is 1. The lowest BCUT2D eigenvalue weighted by Crippen LogP contribution is -2.08. The normalized spacial score (nSPS) is 12.2. The first-order valence-electron chi connectivity index (χ1n) is 6.64. The van der Waals surface area contributed by atoms with Gasteiger partial charge in [0.05, 0.1) is 13.7 Å². The first kappa shape index (κ1) is 14.4. The highest BCUT2D eigenvalue weighted by molar-refractivity contribution is 5.43. The van der Waals surface area contributed by atoms with E-state index < -0.39 is 0 Å². The third-order valence-corrected chi connectivity index (χ3v) is 3.22. The van der Waals surface area contributed by atoms with Gasteiger partial charge in [0.25, 0.3) is 0 Å². The van der Waals surface area contributed by atoms with Gasteiger partial charge in [0.1, 0.15) is 5.82 Å². The number of rotatable bonds is 6. The van der Waals surface area contributed by atoms with Gasteiger partial charge in [-0.2, -0.15) is 0 Å². The minimum Gasteiger partial charge on any atom is -0.493 e. The molecule has 2 N–H and O–H groups in total. The summed E-state index contributed by atoms with van der Waals surface area (Å²) in [5.41, 5.74) is 6.89.